The lowest BCUT2D eigenvalue weighted by molar-refractivity contribution is -0.141. The Balaban J connectivity index is 1.45. The van der Waals surface area contributed by atoms with Crippen molar-refractivity contribution in [2.24, 2.45) is 0 Å². The fourth-order valence-corrected chi connectivity index (χ4v) is 4.09. The zero-order valence-electron chi connectivity index (χ0n) is 17.2. The molecule has 5 rings (SSSR count). The molecule has 0 unspecified atom stereocenters. The Morgan fingerprint density at radius 1 is 1.22 bits per heavy atom. The quantitative estimate of drug-likeness (QED) is 0.655. The van der Waals surface area contributed by atoms with Crippen LogP contribution >= 0.6 is 0 Å². The Morgan fingerprint density at radius 3 is 2.66 bits per heavy atom. The van der Waals surface area contributed by atoms with E-state index in [0.717, 1.165) is 35.4 Å². The molecule has 2 N–H and O–H groups in total. The maximum atomic E-state index is 13.4. The van der Waals surface area contributed by atoms with Gasteiger partial charge in [0.2, 0.25) is 0 Å². The number of ether oxygens (including phenoxy) is 1. The van der Waals surface area contributed by atoms with E-state index in [2.05, 4.69) is 15.2 Å². The smallest absolute Gasteiger partial charge is 0.383 e. The summed E-state index contributed by atoms with van der Waals surface area (Å²) in [5, 5.41) is 7.76. The average molecular weight is 443 g/mol. The molecule has 2 aliphatic rings. The predicted molar refractivity (Wildman–Crippen MR) is 109 cm³/mol. The molecule has 1 atom stereocenters. The summed E-state index contributed by atoms with van der Waals surface area (Å²) < 4.78 is 44.0. The number of alkyl halides is 3. The van der Waals surface area contributed by atoms with Crippen molar-refractivity contribution in [1.82, 2.24) is 20.1 Å². The van der Waals surface area contributed by atoms with Crippen LogP contribution in [-0.2, 0) is 24.1 Å². The van der Waals surface area contributed by atoms with Gasteiger partial charge in [0, 0.05) is 22.6 Å². The third-order valence-electron chi connectivity index (χ3n) is 5.89. The minimum absolute atomic E-state index is 0.0286. The van der Waals surface area contributed by atoms with Gasteiger partial charge in [-0.25, -0.2) is 4.98 Å². The highest BCUT2D eigenvalue weighted by molar-refractivity contribution is 5.99. The summed E-state index contributed by atoms with van der Waals surface area (Å²) in [5.74, 6) is 0.214. The Morgan fingerprint density at radius 2 is 2.00 bits per heavy atom. The number of pyridine rings is 1. The Labute approximate surface area is 181 Å². The van der Waals surface area contributed by atoms with Crippen LogP contribution in [0.25, 0.3) is 10.9 Å². The second-order valence-electron chi connectivity index (χ2n) is 8.15. The Kier molecular flexibility index (Phi) is 4.77. The number of anilines is 1. The number of aromatic nitrogens is 3. The molecule has 1 aliphatic carbocycles. The first kappa shape index (κ1) is 20.6. The lowest BCUT2D eigenvalue weighted by atomic mass is 10.00. The van der Waals surface area contributed by atoms with E-state index >= 15 is 0 Å². The summed E-state index contributed by atoms with van der Waals surface area (Å²) >= 11 is 0. The summed E-state index contributed by atoms with van der Waals surface area (Å²) in [4.78, 5) is 19.4. The second kappa shape index (κ2) is 7.40. The number of carbonyl (C=O) groups is 1. The fourth-order valence-electron chi connectivity index (χ4n) is 4.09. The van der Waals surface area contributed by atoms with Crippen molar-refractivity contribution in [2.75, 3.05) is 5.73 Å². The summed E-state index contributed by atoms with van der Waals surface area (Å²) in [6.45, 7) is 2.39. The zero-order chi connectivity index (χ0) is 22.6. The highest BCUT2D eigenvalue weighted by atomic mass is 19.4. The van der Waals surface area contributed by atoms with Crippen LogP contribution in [0.2, 0.25) is 0 Å². The normalized spacial score (nSPS) is 18.1. The number of nitrogens with two attached hydrogens (primary N) is 1. The van der Waals surface area contributed by atoms with E-state index in [1.54, 1.807) is 23.1 Å². The number of hydrogen-bond acceptors (Lipinski definition) is 6. The maximum absolute atomic E-state index is 13.4. The molecule has 0 saturated heterocycles. The standard InChI is InChI=1S/C22H20F3N5O2/c1-11-19-16(10-32-11)15-8-12(2-6-17(15)27-20(19)26)21(31)30(14-4-5-14)9-13-3-7-18(29-28-13)22(23,24)25/h2-3,6-8,11,14H,4-5,9-10H2,1H3,(H2,26,27)/t11-/m1/s1. The molecule has 1 amide bonds. The molecule has 3 aromatic rings. The van der Waals surface area contributed by atoms with Crippen LogP contribution in [0, 0.1) is 0 Å². The van der Waals surface area contributed by atoms with Crippen LogP contribution in [0.4, 0.5) is 19.0 Å². The molecule has 0 bridgehead atoms. The third kappa shape index (κ3) is 3.64. The highest BCUT2D eigenvalue weighted by Crippen LogP contribution is 2.38. The van der Waals surface area contributed by atoms with E-state index in [9.17, 15) is 18.0 Å². The minimum Gasteiger partial charge on any atom is -0.383 e. The van der Waals surface area contributed by atoms with Crippen LogP contribution in [0.1, 0.15) is 58.7 Å². The van der Waals surface area contributed by atoms with Gasteiger partial charge in [0.15, 0.2) is 5.69 Å². The fraction of sp³-hybridized carbons (Fsp3) is 0.364. The molecule has 10 heteroatoms. The first-order valence-corrected chi connectivity index (χ1v) is 10.3. The molecule has 1 aromatic carbocycles. The van der Waals surface area contributed by atoms with E-state index in [-0.39, 0.29) is 24.6 Å². The molecule has 0 radical (unpaired) electrons. The number of nitrogen functional groups attached to an aromatic ring is 1. The van der Waals surface area contributed by atoms with E-state index in [1.807, 2.05) is 6.92 Å². The number of amides is 1. The molecular weight excluding hydrogens is 423 g/mol. The van der Waals surface area contributed by atoms with Gasteiger partial charge in [-0.2, -0.15) is 18.3 Å². The largest absolute Gasteiger partial charge is 0.435 e. The number of halogens is 3. The van der Waals surface area contributed by atoms with Gasteiger partial charge in [-0.15, -0.1) is 5.10 Å². The number of carbonyl (C=O) groups excluding carboxylic acids is 1. The maximum Gasteiger partial charge on any atom is 0.435 e. The molecule has 1 fully saturated rings. The zero-order valence-corrected chi connectivity index (χ0v) is 17.2. The minimum atomic E-state index is -4.55. The number of benzene rings is 1. The van der Waals surface area contributed by atoms with Gasteiger partial charge in [0.25, 0.3) is 5.91 Å². The van der Waals surface area contributed by atoms with Crippen molar-refractivity contribution < 1.29 is 22.7 Å². The number of hydrogen-bond donors (Lipinski definition) is 1. The van der Waals surface area contributed by atoms with Gasteiger partial charge >= 0.3 is 6.18 Å². The summed E-state index contributed by atoms with van der Waals surface area (Å²) in [6, 6.07) is 7.41. The van der Waals surface area contributed by atoms with Crippen LogP contribution in [0.5, 0.6) is 0 Å². The summed E-state index contributed by atoms with van der Waals surface area (Å²) in [7, 11) is 0. The molecule has 3 heterocycles. The molecular formula is C22H20F3N5O2. The van der Waals surface area contributed by atoms with Gasteiger partial charge in [-0.1, -0.05) is 0 Å². The van der Waals surface area contributed by atoms with Crippen LogP contribution in [-0.4, -0.2) is 32.0 Å². The van der Waals surface area contributed by atoms with Gasteiger partial charge < -0.3 is 15.4 Å². The van der Waals surface area contributed by atoms with E-state index in [0.29, 0.717) is 29.2 Å². The molecule has 166 valence electrons. The van der Waals surface area contributed by atoms with Crippen LogP contribution < -0.4 is 5.73 Å². The number of fused-ring (bicyclic) bond motifs is 3. The average Bonchev–Trinajstić information content (AvgIpc) is 3.52. The van der Waals surface area contributed by atoms with Crippen molar-refractivity contribution in [3.63, 3.8) is 0 Å². The van der Waals surface area contributed by atoms with Gasteiger partial charge in [-0.3, -0.25) is 4.79 Å². The third-order valence-corrected chi connectivity index (χ3v) is 5.89. The lowest BCUT2D eigenvalue weighted by Crippen LogP contribution is -2.33. The number of rotatable bonds is 4. The molecule has 2 aromatic heterocycles. The Hall–Kier alpha value is -3.27. The molecule has 7 nitrogen and oxygen atoms in total. The first-order valence-electron chi connectivity index (χ1n) is 10.3. The molecule has 32 heavy (non-hydrogen) atoms. The highest BCUT2D eigenvalue weighted by Gasteiger charge is 2.35. The first-order chi connectivity index (χ1) is 15.2. The second-order valence-corrected chi connectivity index (χ2v) is 8.15. The van der Waals surface area contributed by atoms with Gasteiger partial charge in [0.05, 0.1) is 30.5 Å². The topological polar surface area (TPSA) is 94.2 Å². The van der Waals surface area contributed by atoms with E-state index < -0.39 is 11.9 Å². The summed E-state index contributed by atoms with van der Waals surface area (Å²) in [6.07, 6.45) is -3.04. The predicted octanol–water partition coefficient (Wildman–Crippen LogP) is 4.02. The van der Waals surface area contributed by atoms with Crippen molar-refractivity contribution in [2.45, 2.75) is 51.2 Å². The van der Waals surface area contributed by atoms with Crippen molar-refractivity contribution in [1.29, 1.82) is 0 Å². The monoisotopic (exact) mass is 443 g/mol. The van der Waals surface area contributed by atoms with Crippen LogP contribution in [0.3, 0.4) is 0 Å². The Bertz CT molecular complexity index is 1210. The van der Waals surface area contributed by atoms with Gasteiger partial charge in [0.1, 0.15) is 5.82 Å². The lowest BCUT2D eigenvalue weighted by Gasteiger charge is -2.22. The van der Waals surface area contributed by atoms with Crippen molar-refractivity contribution in [3.8, 4) is 0 Å². The SMILES string of the molecule is C[C@H]1OCc2c1c(N)nc1ccc(C(=O)N(Cc3ccc(C(F)(F)F)nn3)C3CC3)cc21. The molecule has 1 aliphatic heterocycles. The molecule has 1 saturated carbocycles. The van der Waals surface area contributed by atoms with E-state index in [1.165, 1.54) is 6.07 Å². The number of nitrogens with zero attached hydrogens (tertiary/aromatic N) is 4. The van der Waals surface area contributed by atoms with Gasteiger partial charge in [-0.05, 0) is 55.7 Å². The summed E-state index contributed by atoms with van der Waals surface area (Å²) in [5.41, 5.74) is 8.27. The van der Waals surface area contributed by atoms with Crippen molar-refractivity contribution in [3.05, 3.63) is 58.4 Å². The van der Waals surface area contributed by atoms with E-state index in [4.69, 9.17) is 10.5 Å². The van der Waals surface area contributed by atoms with Crippen LogP contribution in [0.15, 0.2) is 30.3 Å². The molecule has 0 spiro atoms. The van der Waals surface area contributed by atoms with Crippen molar-refractivity contribution >= 4 is 22.6 Å².